The van der Waals surface area contributed by atoms with E-state index in [9.17, 15) is 34.2 Å². The zero-order chi connectivity index (χ0) is 30.0. The normalized spacial score (nSPS) is 33.8. The molecule has 4 aliphatic carbocycles. The van der Waals surface area contributed by atoms with E-state index in [1.54, 1.807) is 31.9 Å². The Morgan fingerprint density at radius 1 is 1.05 bits per heavy atom. The molecule has 10 nitrogen and oxygen atoms in total. The summed E-state index contributed by atoms with van der Waals surface area (Å²) in [6.07, 6.45) is 5.71. The number of aromatic hydroxyl groups is 1. The van der Waals surface area contributed by atoms with Crippen molar-refractivity contribution in [2.24, 2.45) is 29.4 Å². The third-order valence-electron chi connectivity index (χ3n) is 9.75. The van der Waals surface area contributed by atoms with Gasteiger partial charge in [-0.3, -0.25) is 28.9 Å². The van der Waals surface area contributed by atoms with Crippen LogP contribution in [0.15, 0.2) is 12.1 Å². The number of Topliss-reactive ketones (excluding diaryl/α,β-unsaturated/α-hetero) is 4. The van der Waals surface area contributed by atoms with Crippen molar-refractivity contribution in [1.29, 1.82) is 0 Å². The number of fused-ring (bicyclic) bond motifs is 3. The van der Waals surface area contributed by atoms with Gasteiger partial charge in [-0.05, 0) is 62.9 Å². The molecule has 41 heavy (non-hydrogen) atoms. The molecule has 0 bridgehead atoms. The number of carbonyl (C=O) groups excluding carboxylic acids is 5. The fourth-order valence-electron chi connectivity index (χ4n) is 7.86. The predicted molar refractivity (Wildman–Crippen MR) is 154 cm³/mol. The van der Waals surface area contributed by atoms with Gasteiger partial charge in [-0.25, -0.2) is 0 Å². The Morgan fingerprint density at radius 2 is 1.71 bits per heavy atom. The minimum atomic E-state index is -2.73. The van der Waals surface area contributed by atoms with Crippen molar-refractivity contribution < 1.29 is 34.2 Å². The van der Waals surface area contributed by atoms with Crippen LogP contribution in [-0.4, -0.2) is 95.0 Å². The molecular weight excluding hydrogens is 546 g/mol. The first kappa shape index (κ1) is 29.7. The van der Waals surface area contributed by atoms with E-state index in [1.807, 2.05) is 19.0 Å². The van der Waals surface area contributed by atoms with Crippen molar-refractivity contribution in [3.63, 3.8) is 0 Å². The topological polar surface area (TPSA) is 158 Å². The molecule has 2 unspecified atom stereocenters. The average Bonchev–Trinajstić information content (AvgIpc) is 2.90. The van der Waals surface area contributed by atoms with E-state index in [-0.39, 0.29) is 23.7 Å². The Labute approximate surface area is 244 Å². The highest BCUT2D eigenvalue weighted by Gasteiger charge is 2.70. The number of ketones is 4. The van der Waals surface area contributed by atoms with E-state index in [2.05, 4.69) is 0 Å². The summed E-state index contributed by atoms with van der Waals surface area (Å²) in [5.41, 5.74) is 4.15. The van der Waals surface area contributed by atoms with Gasteiger partial charge in [0.05, 0.1) is 17.5 Å². The summed E-state index contributed by atoms with van der Waals surface area (Å²) >= 11 is 1.80. The number of nitrogens with zero attached hydrogens (tertiary/aromatic N) is 2. The smallest absolute Gasteiger partial charge is 0.235 e. The molecule has 4 aliphatic rings. The number of amides is 1. The van der Waals surface area contributed by atoms with Gasteiger partial charge in [0.15, 0.2) is 34.7 Å². The number of rotatable bonds is 6. The number of thioether (sulfide) groups is 1. The van der Waals surface area contributed by atoms with Crippen molar-refractivity contribution in [2.75, 3.05) is 38.8 Å². The summed E-state index contributed by atoms with van der Waals surface area (Å²) in [5, 5.41) is 23.3. The summed E-state index contributed by atoms with van der Waals surface area (Å²) < 4.78 is 0. The summed E-state index contributed by atoms with van der Waals surface area (Å²) in [6.45, 7) is 0. The van der Waals surface area contributed by atoms with Crippen LogP contribution < -0.4 is 10.6 Å². The Bertz CT molecular complexity index is 1310. The maximum absolute atomic E-state index is 14.3. The average molecular weight is 586 g/mol. The maximum atomic E-state index is 14.3. The molecule has 5 rings (SSSR count). The van der Waals surface area contributed by atoms with Crippen LogP contribution in [-0.2, 0) is 19.2 Å². The van der Waals surface area contributed by atoms with E-state index in [1.165, 1.54) is 17.4 Å². The fraction of sp³-hybridized carbons (Fsp3) is 0.633. The molecule has 1 aromatic rings. The van der Waals surface area contributed by atoms with Crippen molar-refractivity contribution in [2.45, 2.75) is 61.3 Å². The summed E-state index contributed by atoms with van der Waals surface area (Å²) in [4.78, 5) is 71.1. The lowest BCUT2D eigenvalue weighted by Crippen LogP contribution is -2.74. The monoisotopic (exact) mass is 585 g/mol. The molecule has 7 atom stereocenters. The molecule has 222 valence electrons. The summed E-state index contributed by atoms with van der Waals surface area (Å²) in [6, 6.07) is 2.06. The highest BCUT2D eigenvalue weighted by atomic mass is 32.2. The second kappa shape index (κ2) is 10.8. The molecule has 0 aliphatic heterocycles. The number of anilines is 1. The van der Waals surface area contributed by atoms with Gasteiger partial charge in [-0.15, -0.1) is 0 Å². The highest BCUT2D eigenvalue weighted by Crippen LogP contribution is 2.56. The van der Waals surface area contributed by atoms with Crippen LogP contribution in [0.4, 0.5) is 5.69 Å². The number of nitrogens with two attached hydrogens (primary N) is 1. The molecule has 11 heteroatoms. The number of carbonyl (C=O) groups is 5. The molecule has 0 aromatic heterocycles. The van der Waals surface area contributed by atoms with E-state index in [0.29, 0.717) is 16.6 Å². The number of phenolic OH excluding ortho intramolecular Hbond substituents is 1. The zero-order valence-corrected chi connectivity index (χ0v) is 24.8. The number of likely N-dealkylation sites (N-methyl/N-ethyl adjacent to an activating group) is 1. The SMILES string of the molecule is CN(C)c1ccc(O)c2c1[C@H](CSC1CCCCC1)[C@H]1C[C@H]3[C@H](N(C)C)C(=O)C(C(N)=O)C(=O)[C@@]3(O)C(=O)C1C2=O. The minimum absolute atomic E-state index is 0.0389. The number of aliphatic hydroxyl groups is 1. The van der Waals surface area contributed by atoms with Crippen LogP contribution in [0, 0.1) is 23.7 Å². The van der Waals surface area contributed by atoms with E-state index in [4.69, 9.17) is 5.73 Å². The lowest BCUT2D eigenvalue weighted by molar-refractivity contribution is -0.181. The zero-order valence-electron chi connectivity index (χ0n) is 24.0. The first-order chi connectivity index (χ1) is 19.3. The highest BCUT2D eigenvalue weighted by molar-refractivity contribution is 7.99. The van der Waals surface area contributed by atoms with Gasteiger partial charge in [0, 0.05) is 36.7 Å². The van der Waals surface area contributed by atoms with Crippen molar-refractivity contribution >= 4 is 46.5 Å². The standard InChI is InChI=1S/C30H39N3O7S/c1-32(2)18-10-11-19(34)22-20(18)16(13-41-14-8-6-5-7-9-14)15-12-17-24(33(3)4)26(36)23(29(31)39)28(38)30(17,40)27(37)21(15)25(22)35/h10-11,14-17,21,23-24,34,40H,5-9,12-13H2,1-4H3,(H2,31,39)/t15-,16-,17+,21?,23?,24+,30+/m1/s1. The van der Waals surface area contributed by atoms with E-state index >= 15 is 0 Å². The molecular formula is C30H39N3O7S. The quantitative estimate of drug-likeness (QED) is 0.418. The van der Waals surface area contributed by atoms with Crippen LogP contribution in [0.25, 0.3) is 0 Å². The lowest BCUT2D eigenvalue weighted by atomic mass is 9.50. The molecule has 0 radical (unpaired) electrons. The minimum Gasteiger partial charge on any atom is -0.507 e. The fourth-order valence-corrected chi connectivity index (χ4v) is 9.42. The van der Waals surface area contributed by atoms with Gasteiger partial charge in [0.1, 0.15) is 5.75 Å². The van der Waals surface area contributed by atoms with Gasteiger partial charge >= 0.3 is 0 Å². The van der Waals surface area contributed by atoms with Crippen molar-refractivity contribution in [3.8, 4) is 5.75 Å². The number of primary amides is 1. The Kier molecular flexibility index (Phi) is 7.84. The van der Waals surface area contributed by atoms with E-state index < -0.39 is 64.4 Å². The molecule has 3 saturated carbocycles. The van der Waals surface area contributed by atoms with Crippen molar-refractivity contribution in [3.05, 3.63) is 23.3 Å². The third kappa shape index (κ3) is 4.51. The van der Waals surface area contributed by atoms with Gasteiger partial charge in [-0.2, -0.15) is 11.8 Å². The Morgan fingerprint density at radius 3 is 2.29 bits per heavy atom. The third-order valence-corrected chi connectivity index (χ3v) is 11.2. The van der Waals surface area contributed by atoms with Gasteiger partial charge in [0.2, 0.25) is 5.91 Å². The molecule has 0 spiro atoms. The number of hydrogen-bond acceptors (Lipinski definition) is 10. The molecule has 3 fully saturated rings. The first-order valence-electron chi connectivity index (χ1n) is 14.3. The van der Waals surface area contributed by atoms with Crippen LogP contribution in [0.5, 0.6) is 5.75 Å². The predicted octanol–water partition coefficient (Wildman–Crippen LogP) is 1.54. The Balaban J connectivity index is 1.67. The molecule has 0 saturated heterocycles. The maximum Gasteiger partial charge on any atom is 0.235 e. The van der Waals surface area contributed by atoms with Gasteiger partial charge in [-0.1, -0.05) is 19.3 Å². The largest absolute Gasteiger partial charge is 0.507 e. The van der Waals surface area contributed by atoms with Gasteiger partial charge in [0.25, 0.3) is 0 Å². The van der Waals surface area contributed by atoms with Crippen LogP contribution >= 0.6 is 11.8 Å². The molecule has 4 N–H and O–H groups in total. The van der Waals surface area contributed by atoms with Crippen LogP contribution in [0.1, 0.15) is 60.4 Å². The Hall–Kier alpha value is -2.76. The van der Waals surface area contributed by atoms with Crippen LogP contribution in [0.3, 0.4) is 0 Å². The number of phenols is 1. The molecule has 0 heterocycles. The molecule has 1 amide bonds. The van der Waals surface area contributed by atoms with Gasteiger partial charge < -0.3 is 20.8 Å². The lowest BCUT2D eigenvalue weighted by Gasteiger charge is -2.54. The van der Waals surface area contributed by atoms with Crippen molar-refractivity contribution in [1.82, 2.24) is 4.90 Å². The second-order valence-corrected chi connectivity index (χ2v) is 13.8. The summed E-state index contributed by atoms with van der Waals surface area (Å²) in [7, 11) is 6.88. The second-order valence-electron chi connectivity index (χ2n) is 12.5. The number of hydrogen-bond donors (Lipinski definition) is 3. The first-order valence-corrected chi connectivity index (χ1v) is 15.4. The summed E-state index contributed by atoms with van der Waals surface area (Å²) in [5.74, 6) is -10.1. The number of benzene rings is 1. The van der Waals surface area contributed by atoms with Crippen LogP contribution in [0.2, 0.25) is 0 Å². The van der Waals surface area contributed by atoms with E-state index in [0.717, 1.165) is 31.4 Å². The molecule has 1 aromatic carbocycles.